The molecule has 1 aliphatic rings. The van der Waals surface area contributed by atoms with Crippen molar-refractivity contribution in [3.8, 4) is 11.3 Å². The van der Waals surface area contributed by atoms with Gasteiger partial charge in [-0.05, 0) is 61.9 Å². The van der Waals surface area contributed by atoms with E-state index in [9.17, 15) is 14.4 Å². The topological polar surface area (TPSA) is 102 Å². The Morgan fingerprint density at radius 3 is 2.62 bits per heavy atom. The molecule has 0 saturated carbocycles. The first-order valence-corrected chi connectivity index (χ1v) is 12.0. The number of fused-ring (bicyclic) bond motifs is 2. The van der Waals surface area contributed by atoms with Crippen LogP contribution < -0.4 is 16.5 Å². The normalized spacial score (nSPS) is 15.2. The summed E-state index contributed by atoms with van der Waals surface area (Å²) >= 11 is 1.44. The van der Waals surface area contributed by atoms with Crippen molar-refractivity contribution in [2.24, 2.45) is 11.7 Å². The van der Waals surface area contributed by atoms with E-state index in [0.29, 0.717) is 44.3 Å². The lowest BCUT2D eigenvalue weighted by molar-refractivity contribution is 0.1000. The molecule has 2 aromatic carbocycles. The van der Waals surface area contributed by atoms with Crippen molar-refractivity contribution < 1.29 is 14.0 Å². The number of nitrogens with one attached hydrogen (secondary N) is 1. The molecule has 7 heteroatoms. The minimum absolute atomic E-state index is 0.114. The summed E-state index contributed by atoms with van der Waals surface area (Å²) in [5.41, 5.74) is 9.58. The van der Waals surface area contributed by atoms with Crippen LogP contribution in [0.2, 0.25) is 0 Å². The minimum Gasteiger partial charge on any atom is -0.456 e. The lowest BCUT2D eigenvalue weighted by Crippen LogP contribution is -2.19. The van der Waals surface area contributed by atoms with E-state index < -0.39 is 5.91 Å². The Kier molecular flexibility index (Phi) is 5.57. The van der Waals surface area contributed by atoms with Gasteiger partial charge in [0.05, 0.1) is 10.9 Å². The second kappa shape index (κ2) is 8.57. The number of carbonyl (C=O) groups is 2. The Bertz CT molecular complexity index is 1500. The van der Waals surface area contributed by atoms with E-state index in [-0.39, 0.29) is 11.3 Å². The summed E-state index contributed by atoms with van der Waals surface area (Å²) in [7, 11) is 0. The number of amides is 2. The van der Waals surface area contributed by atoms with Gasteiger partial charge in [0.2, 0.25) is 0 Å². The van der Waals surface area contributed by atoms with Crippen LogP contribution in [0.25, 0.3) is 22.3 Å². The molecule has 1 unspecified atom stereocenters. The smallest absolute Gasteiger partial charge is 0.256 e. The Hall–Kier alpha value is -3.71. The van der Waals surface area contributed by atoms with Gasteiger partial charge in [-0.2, -0.15) is 0 Å². The summed E-state index contributed by atoms with van der Waals surface area (Å²) in [6.07, 6.45) is 2.69. The van der Waals surface area contributed by atoms with Gasteiger partial charge in [0.15, 0.2) is 5.43 Å². The third kappa shape index (κ3) is 4.03. The molecule has 3 N–H and O–H groups in total. The van der Waals surface area contributed by atoms with Crippen LogP contribution in [-0.4, -0.2) is 11.8 Å². The van der Waals surface area contributed by atoms with Gasteiger partial charge < -0.3 is 15.5 Å². The van der Waals surface area contributed by atoms with Crippen LogP contribution in [-0.2, 0) is 12.8 Å². The molecule has 0 radical (unpaired) electrons. The second-order valence-corrected chi connectivity index (χ2v) is 10.0. The molecule has 0 saturated heterocycles. The first kappa shape index (κ1) is 22.1. The van der Waals surface area contributed by atoms with Crippen molar-refractivity contribution in [1.29, 1.82) is 0 Å². The monoisotopic (exact) mass is 472 g/mol. The molecule has 172 valence electrons. The molecule has 0 spiro atoms. The van der Waals surface area contributed by atoms with Crippen molar-refractivity contribution in [2.45, 2.75) is 33.1 Å². The van der Waals surface area contributed by atoms with Gasteiger partial charge >= 0.3 is 0 Å². The number of anilines is 1. The zero-order valence-electron chi connectivity index (χ0n) is 18.9. The molecule has 4 aromatic rings. The summed E-state index contributed by atoms with van der Waals surface area (Å²) in [4.78, 5) is 38.7. The molecule has 1 atom stereocenters. The average Bonchev–Trinajstić information content (AvgIpc) is 3.16. The third-order valence-corrected chi connectivity index (χ3v) is 7.47. The Morgan fingerprint density at radius 2 is 1.88 bits per heavy atom. The number of primary amides is 1. The maximum Gasteiger partial charge on any atom is 0.256 e. The highest BCUT2D eigenvalue weighted by atomic mass is 32.1. The quantitative estimate of drug-likeness (QED) is 0.420. The zero-order chi connectivity index (χ0) is 24.0. The van der Waals surface area contributed by atoms with E-state index in [1.807, 2.05) is 19.1 Å². The molecular formula is C27H24N2O4S. The molecule has 2 heterocycles. The van der Waals surface area contributed by atoms with E-state index in [4.69, 9.17) is 10.2 Å². The van der Waals surface area contributed by atoms with E-state index >= 15 is 0 Å². The van der Waals surface area contributed by atoms with Gasteiger partial charge in [-0.15, -0.1) is 11.3 Å². The van der Waals surface area contributed by atoms with Crippen molar-refractivity contribution >= 4 is 39.1 Å². The van der Waals surface area contributed by atoms with Crippen LogP contribution in [0.5, 0.6) is 0 Å². The fourth-order valence-corrected chi connectivity index (χ4v) is 5.88. The standard InChI is InChI=1S/C27H24N2O4S/c1-14-4-10-21-19(11-14)20(30)13-22(33-21)16-5-7-17(8-6-16)26(32)29-27-24(25(28)31)18-9-3-15(2)12-23(18)34-27/h4-8,10-11,13,15H,3,9,12H2,1-2H3,(H2,28,31)(H,29,32). The molecule has 0 aliphatic heterocycles. The van der Waals surface area contributed by atoms with Gasteiger partial charge in [-0.25, -0.2) is 0 Å². The number of hydrogen-bond acceptors (Lipinski definition) is 5. The first-order chi connectivity index (χ1) is 16.3. The summed E-state index contributed by atoms with van der Waals surface area (Å²) < 4.78 is 5.93. The van der Waals surface area contributed by atoms with Crippen LogP contribution in [0.15, 0.2) is 57.7 Å². The van der Waals surface area contributed by atoms with Gasteiger partial charge in [-0.3, -0.25) is 14.4 Å². The predicted molar refractivity (Wildman–Crippen MR) is 135 cm³/mol. The Morgan fingerprint density at radius 1 is 1.12 bits per heavy atom. The number of aryl methyl sites for hydroxylation is 1. The van der Waals surface area contributed by atoms with Crippen molar-refractivity contribution in [2.75, 3.05) is 5.32 Å². The average molecular weight is 473 g/mol. The maximum atomic E-state index is 12.9. The lowest BCUT2D eigenvalue weighted by Gasteiger charge is -2.18. The fraction of sp³-hybridized carbons (Fsp3) is 0.222. The largest absolute Gasteiger partial charge is 0.456 e. The van der Waals surface area contributed by atoms with Crippen LogP contribution in [0.3, 0.4) is 0 Å². The highest BCUT2D eigenvalue weighted by Gasteiger charge is 2.27. The molecule has 5 rings (SSSR count). The van der Waals surface area contributed by atoms with Gasteiger partial charge in [0.1, 0.15) is 16.3 Å². The Balaban J connectivity index is 1.41. The van der Waals surface area contributed by atoms with E-state index in [1.54, 1.807) is 30.3 Å². The van der Waals surface area contributed by atoms with Crippen molar-refractivity contribution in [3.63, 3.8) is 0 Å². The molecule has 0 fully saturated rings. The van der Waals surface area contributed by atoms with E-state index in [1.165, 1.54) is 17.4 Å². The summed E-state index contributed by atoms with van der Waals surface area (Å²) in [5, 5.41) is 3.93. The highest BCUT2D eigenvalue weighted by molar-refractivity contribution is 7.17. The number of hydrogen-bond donors (Lipinski definition) is 2. The maximum absolute atomic E-state index is 12.9. The highest BCUT2D eigenvalue weighted by Crippen LogP contribution is 2.39. The number of thiophene rings is 1. The fourth-order valence-electron chi connectivity index (χ4n) is 4.47. The molecule has 2 amide bonds. The molecule has 1 aliphatic carbocycles. The minimum atomic E-state index is -0.515. The summed E-state index contributed by atoms with van der Waals surface area (Å²) in [5.74, 6) is 0.141. The van der Waals surface area contributed by atoms with Crippen LogP contribution in [0.4, 0.5) is 5.00 Å². The number of benzene rings is 2. The Labute approximate surface area is 200 Å². The number of nitrogens with two attached hydrogens (primary N) is 1. The van der Waals surface area contributed by atoms with E-state index in [2.05, 4.69) is 12.2 Å². The predicted octanol–water partition coefficient (Wildman–Crippen LogP) is 5.31. The van der Waals surface area contributed by atoms with Crippen molar-refractivity contribution in [3.05, 3.63) is 85.9 Å². The first-order valence-electron chi connectivity index (χ1n) is 11.2. The molecular weight excluding hydrogens is 448 g/mol. The summed E-state index contributed by atoms with van der Waals surface area (Å²) in [6, 6.07) is 13.8. The van der Waals surface area contributed by atoms with Crippen LogP contribution >= 0.6 is 11.3 Å². The van der Waals surface area contributed by atoms with Crippen molar-refractivity contribution in [1.82, 2.24) is 0 Å². The van der Waals surface area contributed by atoms with Crippen LogP contribution in [0, 0.1) is 12.8 Å². The number of carbonyl (C=O) groups excluding carboxylic acids is 2. The molecule has 2 aromatic heterocycles. The second-order valence-electron chi connectivity index (χ2n) is 8.93. The lowest BCUT2D eigenvalue weighted by atomic mass is 9.88. The zero-order valence-corrected chi connectivity index (χ0v) is 19.8. The third-order valence-electron chi connectivity index (χ3n) is 6.30. The molecule has 0 bridgehead atoms. The van der Waals surface area contributed by atoms with Gasteiger partial charge in [-0.1, -0.05) is 30.7 Å². The van der Waals surface area contributed by atoms with Crippen LogP contribution in [0.1, 0.15) is 50.1 Å². The van der Waals surface area contributed by atoms with Gasteiger partial charge in [0, 0.05) is 22.1 Å². The summed E-state index contributed by atoms with van der Waals surface area (Å²) in [6.45, 7) is 4.11. The molecule has 6 nitrogen and oxygen atoms in total. The molecule has 34 heavy (non-hydrogen) atoms. The van der Waals surface area contributed by atoms with Gasteiger partial charge in [0.25, 0.3) is 11.8 Å². The van der Waals surface area contributed by atoms with E-state index in [0.717, 1.165) is 35.3 Å². The number of rotatable bonds is 4. The SMILES string of the molecule is Cc1ccc2oc(-c3ccc(C(=O)Nc4sc5c(c4C(N)=O)CCC(C)C5)cc3)cc(=O)c2c1.